The molecule has 2 saturated carbocycles. The third-order valence-electron chi connectivity index (χ3n) is 5.53. The molecule has 0 bridgehead atoms. The van der Waals surface area contributed by atoms with Gasteiger partial charge in [-0.1, -0.05) is 6.07 Å². The van der Waals surface area contributed by atoms with E-state index in [0.717, 1.165) is 62.7 Å². The van der Waals surface area contributed by atoms with Gasteiger partial charge in [0.2, 0.25) is 11.8 Å². The zero-order chi connectivity index (χ0) is 18.5. The third-order valence-corrected chi connectivity index (χ3v) is 6.57. The molecule has 0 saturated heterocycles. The molecule has 26 heavy (non-hydrogen) atoms. The highest BCUT2D eigenvalue weighted by Gasteiger charge is 2.26. The highest BCUT2D eigenvalue weighted by Crippen LogP contribution is 2.30. The average molecular weight is 393 g/mol. The molecule has 0 spiro atoms. The first-order valence-corrected chi connectivity index (χ1v) is 10.6. The van der Waals surface area contributed by atoms with E-state index < -0.39 is 0 Å². The lowest BCUT2D eigenvalue weighted by Gasteiger charge is -2.25. The zero-order valence-electron chi connectivity index (χ0n) is 15.0. The summed E-state index contributed by atoms with van der Waals surface area (Å²) < 4.78 is 0. The molecule has 0 aromatic heterocycles. The number of carbonyl (C=O) groups excluding carboxylic acids is 2. The number of benzene rings is 1. The Morgan fingerprint density at radius 2 is 1.12 bits per heavy atom. The molecule has 2 N–H and O–H groups in total. The van der Waals surface area contributed by atoms with Gasteiger partial charge in [-0.3, -0.25) is 9.59 Å². The summed E-state index contributed by atoms with van der Waals surface area (Å²) in [6, 6.07) is 7.43. The number of nitrogens with one attached hydrogen (secondary N) is 2. The van der Waals surface area contributed by atoms with Crippen LogP contribution in [0.25, 0.3) is 0 Å². The minimum atomic E-state index is 0.0630. The Bertz CT molecular complexity index is 585. The highest BCUT2D eigenvalue weighted by atomic mass is 32.1. The molecule has 0 heterocycles. The fraction of sp³-hybridized carbons (Fsp3) is 0.600. The second kappa shape index (κ2) is 9.18. The summed E-state index contributed by atoms with van der Waals surface area (Å²) in [5, 5.41) is 6.85. The van der Waals surface area contributed by atoms with Gasteiger partial charge in [-0.15, -0.1) is 0 Å². The molecule has 1 aromatic rings. The molecule has 0 atom stereocenters. The Hall–Kier alpha value is -1.14. The Labute approximate surface area is 166 Å². The van der Waals surface area contributed by atoms with E-state index in [1.54, 1.807) is 0 Å². The van der Waals surface area contributed by atoms with Crippen molar-refractivity contribution in [3.05, 3.63) is 24.3 Å². The standard InChI is InChI=1S/C20H28N2O2S2/c23-19(13-4-8-17(25)9-5-13)21-15-2-1-3-16(12-15)22-20(24)14-6-10-18(26)11-7-14/h1-3,12-14,17-18,25-26H,4-11H2,(H,21,23)(H,22,24). The molecule has 2 fully saturated rings. The van der Waals surface area contributed by atoms with Gasteiger partial charge in [0.25, 0.3) is 0 Å². The summed E-state index contributed by atoms with van der Waals surface area (Å²) in [5.74, 6) is 0.266. The topological polar surface area (TPSA) is 58.2 Å². The summed E-state index contributed by atoms with van der Waals surface area (Å²) in [4.78, 5) is 24.9. The number of amides is 2. The van der Waals surface area contributed by atoms with E-state index in [1.165, 1.54) is 0 Å². The maximum Gasteiger partial charge on any atom is 0.227 e. The molecule has 2 amide bonds. The number of hydrogen-bond acceptors (Lipinski definition) is 4. The first-order chi connectivity index (χ1) is 12.5. The summed E-state index contributed by atoms with van der Waals surface area (Å²) in [7, 11) is 0. The van der Waals surface area contributed by atoms with Gasteiger partial charge in [0.15, 0.2) is 0 Å². The van der Waals surface area contributed by atoms with Crippen LogP contribution in [-0.2, 0) is 9.59 Å². The van der Waals surface area contributed by atoms with Crippen LogP contribution in [0.1, 0.15) is 51.4 Å². The molecule has 0 radical (unpaired) electrons. The zero-order valence-corrected chi connectivity index (χ0v) is 16.8. The summed E-state index contributed by atoms with van der Waals surface area (Å²) in [5.41, 5.74) is 1.47. The minimum absolute atomic E-state index is 0.0630. The minimum Gasteiger partial charge on any atom is -0.326 e. The monoisotopic (exact) mass is 392 g/mol. The van der Waals surface area contributed by atoms with Crippen molar-refractivity contribution in [3.63, 3.8) is 0 Å². The van der Waals surface area contributed by atoms with Gasteiger partial charge in [0, 0.05) is 33.7 Å². The predicted molar refractivity (Wildman–Crippen MR) is 113 cm³/mol. The van der Waals surface area contributed by atoms with Crippen molar-refractivity contribution < 1.29 is 9.59 Å². The quantitative estimate of drug-likeness (QED) is 0.569. The van der Waals surface area contributed by atoms with Gasteiger partial charge in [0.05, 0.1) is 0 Å². The van der Waals surface area contributed by atoms with Gasteiger partial charge in [-0.25, -0.2) is 0 Å². The molecular formula is C20H28N2O2S2. The van der Waals surface area contributed by atoms with Crippen LogP contribution < -0.4 is 10.6 Å². The molecular weight excluding hydrogens is 364 g/mol. The van der Waals surface area contributed by atoms with Crippen molar-refractivity contribution in [2.24, 2.45) is 11.8 Å². The molecule has 2 aliphatic rings. The van der Waals surface area contributed by atoms with Crippen LogP contribution in [0.15, 0.2) is 24.3 Å². The largest absolute Gasteiger partial charge is 0.326 e. The van der Waals surface area contributed by atoms with E-state index in [-0.39, 0.29) is 23.7 Å². The first kappa shape index (κ1) is 19.6. The van der Waals surface area contributed by atoms with Crippen LogP contribution in [0.3, 0.4) is 0 Å². The molecule has 0 aliphatic heterocycles. The lowest BCUT2D eigenvalue weighted by molar-refractivity contribution is -0.121. The molecule has 1 aromatic carbocycles. The number of rotatable bonds is 4. The Morgan fingerprint density at radius 3 is 1.50 bits per heavy atom. The van der Waals surface area contributed by atoms with Crippen LogP contribution >= 0.6 is 25.3 Å². The number of thiol groups is 2. The van der Waals surface area contributed by atoms with Gasteiger partial charge < -0.3 is 10.6 Å². The Kier molecular flexibility index (Phi) is 6.92. The predicted octanol–water partition coefficient (Wildman–Crippen LogP) is 4.54. The van der Waals surface area contributed by atoms with Crippen molar-refractivity contribution >= 4 is 48.4 Å². The average Bonchev–Trinajstić information content (AvgIpc) is 2.63. The molecule has 0 unspecified atom stereocenters. The van der Waals surface area contributed by atoms with Crippen molar-refractivity contribution in [1.82, 2.24) is 0 Å². The number of carbonyl (C=O) groups is 2. The Morgan fingerprint density at radius 1 is 0.731 bits per heavy atom. The molecule has 4 nitrogen and oxygen atoms in total. The van der Waals surface area contributed by atoms with Crippen LogP contribution in [-0.4, -0.2) is 22.3 Å². The van der Waals surface area contributed by atoms with Gasteiger partial charge in [-0.2, -0.15) is 25.3 Å². The fourth-order valence-corrected chi connectivity index (χ4v) is 4.44. The maximum atomic E-state index is 12.5. The second-order valence-corrected chi connectivity index (χ2v) is 9.03. The molecule has 142 valence electrons. The van der Waals surface area contributed by atoms with Crippen molar-refractivity contribution in [2.45, 2.75) is 61.9 Å². The van der Waals surface area contributed by atoms with Gasteiger partial charge in [-0.05, 0) is 69.6 Å². The van der Waals surface area contributed by atoms with Crippen LogP contribution in [0.5, 0.6) is 0 Å². The van der Waals surface area contributed by atoms with E-state index >= 15 is 0 Å². The van der Waals surface area contributed by atoms with Gasteiger partial charge >= 0.3 is 0 Å². The molecule has 3 rings (SSSR count). The van der Waals surface area contributed by atoms with E-state index in [4.69, 9.17) is 0 Å². The Balaban J connectivity index is 1.54. The van der Waals surface area contributed by atoms with Crippen molar-refractivity contribution in [1.29, 1.82) is 0 Å². The van der Waals surface area contributed by atoms with E-state index in [0.29, 0.717) is 10.5 Å². The highest BCUT2D eigenvalue weighted by molar-refractivity contribution is 7.81. The third kappa shape index (κ3) is 5.43. The summed E-state index contributed by atoms with van der Waals surface area (Å²) in [6.07, 6.45) is 7.54. The molecule has 2 aliphatic carbocycles. The SMILES string of the molecule is O=C(Nc1cccc(NC(=O)C2CCC(S)CC2)c1)C1CCC(S)CC1. The van der Waals surface area contributed by atoms with Crippen molar-refractivity contribution in [3.8, 4) is 0 Å². The number of anilines is 2. The normalized spacial score (nSPS) is 29.0. The second-order valence-electron chi connectivity index (χ2n) is 7.57. The number of hydrogen-bond donors (Lipinski definition) is 4. The summed E-state index contributed by atoms with van der Waals surface area (Å²) >= 11 is 8.97. The van der Waals surface area contributed by atoms with Crippen LogP contribution in [0.2, 0.25) is 0 Å². The maximum absolute atomic E-state index is 12.5. The lowest BCUT2D eigenvalue weighted by atomic mass is 9.88. The smallest absolute Gasteiger partial charge is 0.227 e. The van der Waals surface area contributed by atoms with E-state index in [1.807, 2.05) is 24.3 Å². The summed E-state index contributed by atoms with van der Waals surface area (Å²) in [6.45, 7) is 0. The van der Waals surface area contributed by atoms with Gasteiger partial charge in [0.1, 0.15) is 0 Å². The first-order valence-electron chi connectivity index (χ1n) is 9.59. The van der Waals surface area contributed by atoms with E-state index in [9.17, 15) is 9.59 Å². The van der Waals surface area contributed by atoms with E-state index in [2.05, 4.69) is 35.9 Å². The molecule has 6 heteroatoms. The van der Waals surface area contributed by atoms with Crippen LogP contribution in [0, 0.1) is 11.8 Å². The van der Waals surface area contributed by atoms with Crippen molar-refractivity contribution in [2.75, 3.05) is 10.6 Å². The lowest BCUT2D eigenvalue weighted by Crippen LogP contribution is -2.28. The fourth-order valence-electron chi connectivity index (χ4n) is 3.84. The van der Waals surface area contributed by atoms with Crippen LogP contribution in [0.4, 0.5) is 11.4 Å².